The summed E-state index contributed by atoms with van der Waals surface area (Å²) in [5.74, 6) is 0.997. The van der Waals surface area contributed by atoms with Crippen LogP contribution in [0.2, 0.25) is 0 Å². The molecule has 0 saturated heterocycles. The van der Waals surface area contributed by atoms with Crippen LogP contribution in [0, 0.1) is 5.92 Å². The molecule has 3 heteroatoms. The molecule has 0 spiro atoms. The maximum atomic E-state index is 12.9. The molecule has 1 heterocycles. The van der Waals surface area contributed by atoms with E-state index < -0.39 is 0 Å². The number of anilines is 1. The van der Waals surface area contributed by atoms with Gasteiger partial charge >= 0.3 is 0 Å². The number of aryl methyl sites for hydroxylation is 1. The number of carbonyl (C=O) groups excluding carboxylic acids is 1. The highest BCUT2D eigenvalue weighted by atomic mass is 16.2. The number of fused-ring (bicyclic) bond motifs is 1. The highest BCUT2D eigenvalue weighted by Gasteiger charge is 2.27. The predicted octanol–water partition coefficient (Wildman–Crippen LogP) is 3.70. The molecule has 2 aliphatic rings. The van der Waals surface area contributed by atoms with Gasteiger partial charge in [0.1, 0.15) is 0 Å². The van der Waals surface area contributed by atoms with Gasteiger partial charge in [-0.3, -0.25) is 4.79 Å². The fourth-order valence-corrected chi connectivity index (χ4v) is 3.67. The lowest BCUT2D eigenvalue weighted by molar-refractivity contribution is 0.0680. The molecule has 1 aliphatic carbocycles. The van der Waals surface area contributed by atoms with E-state index in [2.05, 4.69) is 18.3 Å². The van der Waals surface area contributed by atoms with Crippen LogP contribution in [0.4, 0.5) is 5.69 Å². The fraction of sp³-hybridized carbons (Fsp3) is 0.611. The third kappa shape index (κ3) is 2.92. The monoisotopic (exact) mass is 286 g/mol. The van der Waals surface area contributed by atoms with Crippen LogP contribution in [0.5, 0.6) is 0 Å². The van der Waals surface area contributed by atoms with Crippen LogP contribution < -0.4 is 5.32 Å². The van der Waals surface area contributed by atoms with E-state index in [9.17, 15) is 4.79 Å². The molecule has 1 N–H and O–H groups in total. The summed E-state index contributed by atoms with van der Waals surface area (Å²) in [5, 5.41) is 3.43. The molecule has 0 bridgehead atoms. The zero-order chi connectivity index (χ0) is 14.8. The van der Waals surface area contributed by atoms with Crippen LogP contribution in [0.15, 0.2) is 18.2 Å². The fourth-order valence-electron chi connectivity index (χ4n) is 3.67. The zero-order valence-corrected chi connectivity index (χ0v) is 13.2. The van der Waals surface area contributed by atoms with Crippen molar-refractivity contribution in [2.75, 3.05) is 18.9 Å². The Bertz CT molecular complexity index is 518. The maximum Gasteiger partial charge on any atom is 0.255 e. The molecule has 1 aromatic carbocycles. The average molecular weight is 286 g/mol. The van der Waals surface area contributed by atoms with Gasteiger partial charge in [0, 0.05) is 19.6 Å². The van der Waals surface area contributed by atoms with Crippen LogP contribution in [-0.2, 0) is 6.42 Å². The average Bonchev–Trinajstić information content (AvgIpc) is 2.53. The quantitative estimate of drug-likeness (QED) is 0.899. The molecular formula is C18H26N2O. The smallest absolute Gasteiger partial charge is 0.255 e. The van der Waals surface area contributed by atoms with Crippen molar-refractivity contribution in [3.05, 3.63) is 29.3 Å². The van der Waals surface area contributed by atoms with Gasteiger partial charge in [-0.1, -0.05) is 19.1 Å². The molecule has 114 valence electrons. The van der Waals surface area contributed by atoms with Crippen LogP contribution in [0.25, 0.3) is 0 Å². The number of nitrogens with zero attached hydrogens (tertiary/aromatic N) is 1. The van der Waals surface area contributed by atoms with Gasteiger partial charge in [-0.25, -0.2) is 0 Å². The Labute approximate surface area is 127 Å². The SMILES string of the molecule is CC1CCC(N(C)C(=O)c2cccc3c2NCCC3)CC1. The molecule has 21 heavy (non-hydrogen) atoms. The second kappa shape index (κ2) is 6.08. The summed E-state index contributed by atoms with van der Waals surface area (Å²) in [7, 11) is 1.98. The van der Waals surface area contributed by atoms with Gasteiger partial charge in [0.2, 0.25) is 0 Å². The summed E-state index contributed by atoms with van der Waals surface area (Å²) in [5.41, 5.74) is 3.22. The first-order valence-electron chi connectivity index (χ1n) is 8.29. The minimum atomic E-state index is 0.181. The molecule has 1 saturated carbocycles. The topological polar surface area (TPSA) is 32.3 Å². The van der Waals surface area contributed by atoms with Gasteiger partial charge in [0.25, 0.3) is 5.91 Å². The molecule has 3 nitrogen and oxygen atoms in total. The van der Waals surface area contributed by atoms with Gasteiger partial charge < -0.3 is 10.2 Å². The Kier molecular flexibility index (Phi) is 4.18. The zero-order valence-electron chi connectivity index (χ0n) is 13.2. The number of amides is 1. The maximum absolute atomic E-state index is 12.9. The molecular weight excluding hydrogens is 260 g/mol. The van der Waals surface area contributed by atoms with Crippen molar-refractivity contribution in [1.29, 1.82) is 0 Å². The van der Waals surface area contributed by atoms with Crippen molar-refractivity contribution < 1.29 is 4.79 Å². The molecule has 3 rings (SSSR count). The lowest BCUT2D eigenvalue weighted by atomic mass is 9.86. The molecule has 1 amide bonds. The summed E-state index contributed by atoms with van der Waals surface area (Å²) in [4.78, 5) is 14.9. The summed E-state index contributed by atoms with van der Waals surface area (Å²) in [6.07, 6.45) is 7.01. The van der Waals surface area contributed by atoms with Gasteiger partial charge in [-0.15, -0.1) is 0 Å². The standard InChI is InChI=1S/C18H26N2O/c1-13-8-10-15(11-9-13)20(2)18(21)16-7-3-5-14-6-4-12-19-17(14)16/h3,5,7,13,15,19H,4,6,8-12H2,1-2H3. The van der Waals surface area contributed by atoms with Crippen molar-refractivity contribution >= 4 is 11.6 Å². The lowest BCUT2D eigenvalue weighted by Crippen LogP contribution is -2.39. The van der Waals surface area contributed by atoms with Crippen LogP contribution in [0.1, 0.15) is 54.9 Å². The molecule has 1 aliphatic heterocycles. The number of nitrogens with one attached hydrogen (secondary N) is 1. The third-order valence-electron chi connectivity index (χ3n) is 5.16. The minimum Gasteiger partial charge on any atom is -0.384 e. The van der Waals surface area contributed by atoms with E-state index in [0.717, 1.165) is 49.4 Å². The summed E-state index contributed by atoms with van der Waals surface area (Å²) in [6.45, 7) is 3.29. The normalized spacial score (nSPS) is 24.9. The van der Waals surface area contributed by atoms with E-state index in [1.165, 1.54) is 18.4 Å². The largest absolute Gasteiger partial charge is 0.384 e. The Morgan fingerprint density at radius 3 is 2.76 bits per heavy atom. The molecule has 0 unspecified atom stereocenters. The molecule has 0 radical (unpaired) electrons. The second-order valence-electron chi connectivity index (χ2n) is 6.70. The number of carbonyl (C=O) groups is 1. The van der Waals surface area contributed by atoms with Gasteiger partial charge in [-0.2, -0.15) is 0 Å². The van der Waals surface area contributed by atoms with Gasteiger partial charge in [-0.05, 0) is 56.1 Å². The van der Waals surface area contributed by atoms with E-state index in [-0.39, 0.29) is 5.91 Å². The molecule has 1 fully saturated rings. The summed E-state index contributed by atoms with van der Waals surface area (Å²) < 4.78 is 0. The Balaban J connectivity index is 1.78. The summed E-state index contributed by atoms with van der Waals surface area (Å²) >= 11 is 0. The number of hydrogen-bond acceptors (Lipinski definition) is 2. The predicted molar refractivity (Wildman–Crippen MR) is 86.8 cm³/mol. The van der Waals surface area contributed by atoms with Crippen molar-refractivity contribution in [3.8, 4) is 0 Å². The van der Waals surface area contributed by atoms with E-state index in [0.29, 0.717) is 6.04 Å². The Morgan fingerprint density at radius 1 is 1.24 bits per heavy atom. The molecule has 1 aromatic rings. The van der Waals surface area contributed by atoms with E-state index >= 15 is 0 Å². The van der Waals surface area contributed by atoms with Crippen molar-refractivity contribution in [2.24, 2.45) is 5.92 Å². The number of rotatable bonds is 2. The second-order valence-corrected chi connectivity index (χ2v) is 6.70. The molecule has 0 atom stereocenters. The first kappa shape index (κ1) is 14.4. The first-order chi connectivity index (χ1) is 10.2. The van der Waals surface area contributed by atoms with Crippen LogP contribution in [-0.4, -0.2) is 30.4 Å². The highest BCUT2D eigenvalue weighted by Crippen LogP contribution is 2.30. The van der Waals surface area contributed by atoms with Crippen molar-refractivity contribution in [2.45, 2.75) is 51.5 Å². The van der Waals surface area contributed by atoms with Crippen molar-refractivity contribution in [3.63, 3.8) is 0 Å². The van der Waals surface area contributed by atoms with Crippen LogP contribution in [0.3, 0.4) is 0 Å². The number of hydrogen-bond donors (Lipinski definition) is 1. The lowest BCUT2D eigenvalue weighted by Gasteiger charge is -2.34. The van der Waals surface area contributed by atoms with Crippen LogP contribution >= 0.6 is 0 Å². The van der Waals surface area contributed by atoms with E-state index in [4.69, 9.17) is 0 Å². The van der Waals surface area contributed by atoms with Gasteiger partial charge in [0.15, 0.2) is 0 Å². The van der Waals surface area contributed by atoms with Gasteiger partial charge in [0.05, 0.1) is 11.3 Å². The number of para-hydroxylation sites is 1. The molecule has 0 aromatic heterocycles. The number of benzene rings is 1. The summed E-state index contributed by atoms with van der Waals surface area (Å²) in [6, 6.07) is 6.55. The Morgan fingerprint density at radius 2 is 2.00 bits per heavy atom. The minimum absolute atomic E-state index is 0.181. The van der Waals surface area contributed by atoms with E-state index in [1.54, 1.807) is 0 Å². The first-order valence-corrected chi connectivity index (χ1v) is 8.29. The highest BCUT2D eigenvalue weighted by molar-refractivity contribution is 6.00. The van der Waals surface area contributed by atoms with E-state index in [1.807, 2.05) is 24.1 Å². The third-order valence-corrected chi connectivity index (χ3v) is 5.16. The Hall–Kier alpha value is -1.51. The van der Waals surface area contributed by atoms with Crippen molar-refractivity contribution in [1.82, 2.24) is 4.90 Å².